The summed E-state index contributed by atoms with van der Waals surface area (Å²) in [5.41, 5.74) is 1.56. The first-order valence-corrected chi connectivity index (χ1v) is 9.56. The molecule has 28 heavy (non-hydrogen) atoms. The highest BCUT2D eigenvalue weighted by atomic mass is 19.3. The summed E-state index contributed by atoms with van der Waals surface area (Å²) >= 11 is 0. The summed E-state index contributed by atoms with van der Waals surface area (Å²) < 4.78 is 32.9. The molecule has 2 fully saturated rings. The summed E-state index contributed by atoms with van der Waals surface area (Å²) in [6, 6.07) is 9.22. The van der Waals surface area contributed by atoms with Gasteiger partial charge >= 0.3 is 0 Å². The summed E-state index contributed by atoms with van der Waals surface area (Å²) in [6.07, 6.45) is -0.687. The fourth-order valence-corrected chi connectivity index (χ4v) is 3.68. The summed E-state index contributed by atoms with van der Waals surface area (Å²) in [4.78, 5) is 14.6. The Bertz CT molecular complexity index is 850. The minimum atomic E-state index is -2.62. The molecule has 6 nitrogen and oxygen atoms in total. The van der Waals surface area contributed by atoms with Crippen LogP contribution in [0.5, 0.6) is 5.75 Å². The number of carbonyl (C=O) groups excluding carboxylic acids is 1. The maximum Gasteiger partial charge on any atom is 0.282 e. The molecular weight excluding hydrogens is 366 g/mol. The van der Waals surface area contributed by atoms with Gasteiger partial charge in [-0.1, -0.05) is 12.1 Å². The zero-order chi connectivity index (χ0) is 19.7. The highest BCUT2D eigenvalue weighted by Gasteiger charge is 2.31. The third-order valence-electron chi connectivity index (χ3n) is 5.36. The van der Waals surface area contributed by atoms with E-state index in [1.165, 1.54) is 10.7 Å². The number of ether oxygens (including phenoxy) is 1. The van der Waals surface area contributed by atoms with Crippen molar-refractivity contribution in [3.8, 4) is 5.75 Å². The number of hydrogen-bond acceptors (Lipinski definition) is 4. The van der Waals surface area contributed by atoms with Crippen molar-refractivity contribution in [3.05, 3.63) is 47.3 Å². The summed E-state index contributed by atoms with van der Waals surface area (Å²) in [7, 11) is 1.62. The molecule has 1 saturated carbocycles. The van der Waals surface area contributed by atoms with E-state index in [-0.39, 0.29) is 30.1 Å². The quantitative estimate of drug-likeness (QED) is 0.824. The standard InChI is InChI=1S/C20H24F2N4O2/c1-28-15-4-2-3-14(9-15)17-11-25(8-7-23-17)19(27)12-26-18(13-5-6-13)10-16(24-26)20(21)22/h2-4,9-10,13,17,20,23H,5-8,11-12H2,1H3. The molecule has 4 rings (SSSR count). The third kappa shape index (κ3) is 4.01. The van der Waals surface area contributed by atoms with Crippen LogP contribution in [0.3, 0.4) is 0 Å². The van der Waals surface area contributed by atoms with Crippen LogP contribution in [0, 0.1) is 0 Å². The van der Waals surface area contributed by atoms with Crippen LogP contribution in [-0.2, 0) is 11.3 Å². The van der Waals surface area contributed by atoms with Gasteiger partial charge in [0.1, 0.15) is 18.0 Å². The number of hydrogen-bond donors (Lipinski definition) is 1. The van der Waals surface area contributed by atoms with E-state index in [1.807, 2.05) is 24.3 Å². The fraction of sp³-hybridized carbons (Fsp3) is 0.500. The molecule has 150 valence electrons. The van der Waals surface area contributed by atoms with Crippen LogP contribution in [0.4, 0.5) is 8.78 Å². The lowest BCUT2D eigenvalue weighted by Crippen LogP contribution is -2.49. The third-order valence-corrected chi connectivity index (χ3v) is 5.36. The average molecular weight is 390 g/mol. The highest BCUT2D eigenvalue weighted by Crippen LogP contribution is 2.41. The topological polar surface area (TPSA) is 59.4 Å². The number of piperazine rings is 1. The van der Waals surface area contributed by atoms with Gasteiger partial charge in [0.15, 0.2) is 0 Å². The molecule has 1 amide bonds. The van der Waals surface area contributed by atoms with Crippen LogP contribution in [0.1, 0.15) is 48.2 Å². The second-order valence-electron chi connectivity index (χ2n) is 7.35. The molecule has 2 aromatic rings. The van der Waals surface area contributed by atoms with E-state index in [4.69, 9.17) is 4.74 Å². The molecule has 0 radical (unpaired) electrons. The summed E-state index contributed by atoms with van der Waals surface area (Å²) in [6.45, 7) is 1.78. The zero-order valence-corrected chi connectivity index (χ0v) is 15.8. The Labute approximate surface area is 162 Å². The maximum absolute atomic E-state index is 13.0. The zero-order valence-electron chi connectivity index (χ0n) is 15.8. The lowest BCUT2D eigenvalue weighted by atomic mass is 10.0. The van der Waals surface area contributed by atoms with Crippen LogP contribution < -0.4 is 10.1 Å². The first-order valence-electron chi connectivity index (χ1n) is 9.56. The van der Waals surface area contributed by atoms with E-state index in [0.29, 0.717) is 19.6 Å². The largest absolute Gasteiger partial charge is 0.497 e. The first kappa shape index (κ1) is 18.9. The molecular formula is C20H24F2N4O2. The van der Waals surface area contributed by atoms with Crippen molar-refractivity contribution in [3.63, 3.8) is 0 Å². The summed E-state index contributed by atoms with van der Waals surface area (Å²) in [5.74, 6) is 0.925. The maximum atomic E-state index is 13.0. The van der Waals surface area contributed by atoms with E-state index in [9.17, 15) is 13.6 Å². The Kier molecular flexibility index (Phi) is 5.30. The number of nitrogens with one attached hydrogen (secondary N) is 1. The fourth-order valence-electron chi connectivity index (χ4n) is 3.68. The Morgan fingerprint density at radius 3 is 2.89 bits per heavy atom. The van der Waals surface area contributed by atoms with Crippen molar-refractivity contribution in [1.29, 1.82) is 0 Å². The second-order valence-corrected chi connectivity index (χ2v) is 7.35. The molecule has 1 atom stereocenters. The van der Waals surface area contributed by atoms with Crippen molar-refractivity contribution in [2.24, 2.45) is 0 Å². The summed E-state index contributed by atoms with van der Waals surface area (Å²) in [5, 5.41) is 7.42. The second kappa shape index (κ2) is 7.87. The average Bonchev–Trinajstić information content (AvgIpc) is 3.48. The van der Waals surface area contributed by atoms with E-state index >= 15 is 0 Å². The van der Waals surface area contributed by atoms with Crippen molar-refractivity contribution < 1.29 is 18.3 Å². The highest BCUT2D eigenvalue weighted by molar-refractivity contribution is 5.76. The molecule has 2 heterocycles. The Morgan fingerprint density at radius 1 is 1.36 bits per heavy atom. The van der Waals surface area contributed by atoms with Crippen molar-refractivity contribution in [2.45, 2.75) is 37.8 Å². The molecule has 0 bridgehead atoms. The molecule has 1 N–H and O–H groups in total. The van der Waals surface area contributed by atoms with Gasteiger partial charge in [-0.3, -0.25) is 9.48 Å². The van der Waals surface area contributed by atoms with Gasteiger partial charge in [-0.05, 0) is 36.6 Å². The van der Waals surface area contributed by atoms with Crippen LogP contribution in [0.15, 0.2) is 30.3 Å². The molecule has 1 aromatic heterocycles. The van der Waals surface area contributed by atoms with Gasteiger partial charge in [-0.2, -0.15) is 5.10 Å². The minimum Gasteiger partial charge on any atom is -0.497 e. The molecule has 1 aliphatic carbocycles. The number of carbonyl (C=O) groups is 1. The molecule has 0 spiro atoms. The monoisotopic (exact) mass is 390 g/mol. The number of methoxy groups -OCH3 is 1. The SMILES string of the molecule is COc1cccc(C2CN(C(=O)Cn3nc(C(F)F)cc3C3CC3)CCN2)c1. The van der Waals surface area contributed by atoms with Crippen molar-refractivity contribution >= 4 is 5.91 Å². The minimum absolute atomic E-state index is 0.00336. The Balaban J connectivity index is 1.46. The Morgan fingerprint density at radius 2 is 2.18 bits per heavy atom. The smallest absolute Gasteiger partial charge is 0.282 e. The number of halogens is 2. The molecule has 8 heteroatoms. The first-order chi connectivity index (χ1) is 13.5. The van der Waals surface area contributed by atoms with Gasteiger partial charge in [0.25, 0.3) is 6.43 Å². The number of rotatable bonds is 6. The lowest BCUT2D eigenvalue weighted by Gasteiger charge is -2.34. The number of amides is 1. The van der Waals surface area contributed by atoms with Crippen LogP contribution in [0.2, 0.25) is 0 Å². The predicted octanol–water partition coefficient (Wildman–Crippen LogP) is 2.88. The van der Waals surface area contributed by atoms with E-state index in [2.05, 4.69) is 10.4 Å². The predicted molar refractivity (Wildman–Crippen MR) is 99.5 cm³/mol. The van der Waals surface area contributed by atoms with Gasteiger partial charge in [-0.15, -0.1) is 0 Å². The number of benzene rings is 1. The van der Waals surface area contributed by atoms with E-state index in [0.717, 1.165) is 29.8 Å². The van der Waals surface area contributed by atoms with Gasteiger partial charge in [0.05, 0.1) is 13.2 Å². The van der Waals surface area contributed by atoms with Gasteiger partial charge in [0, 0.05) is 31.2 Å². The Hall–Kier alpha value is -2.48. The van der Waals surface area contributed by atoms with Crippen LogP contribution in [0.25, 0.3) is 0 Å². The van der Waals surface area contributed by atoms with Crippen molar-refractivity contribution in [2.75, 3.05) is 26.7 Å². The lowest BCUT2D eigenvalue weighted by molar-refractivity contribution is -0.133. The van der Waals surface area contributed by atoms with Crippen LogP contribution >= 0.6 is 0 Å². The number of nitrogens with zero attached hydrogens (tertiary/aromatic N) is 3. The molecule has 2 aliphatic rings. The van der Waals surface area contributed by atoms with Gasteiger partial charge < -0.3 is 15.0 Å². The molecule has 1 aliphatic heterocycles. The van der Waals surface area contributed by atoms with Gasteiger partial charge in [-0.25, -0.2) is 8.78 Å². The van der Waals surface area contributed by atoms with Crippen molar-refractivity contribution in [1.82, 2.24) is 20.0 Å². The molecule has 1 unspecified atom stereocenters. The van der Waals surface area contributed by atoms with E-state index < -0.39 is 6.43 Å². The molecule has 1 aromatic carbocycles. The van der Waals surface area contributed by atoms with Crippen LogP contribution in [-0.4, -0.2) is 47.3 Å². The number of alkyl halides is 2. The normalized spacial score (nSPS) is 19.9. The number of aromatic nitrogens is 2. The van der Waals surface area contributed by atoms with E-state index in [1.54, 1.807) is 12.0 Å². The van der Waals surface area contributed by atoms with Gasteiger partial charge in [0.2, 0.25) is 5.91 Å². The molecule has 1 saturated heterocycles.